The Morgan fingerprint density at radius 3 is 2.67 bits per heavy atom. The number of hydrogen-bond acceptors (Lipinski definition) is 5. The molecule has 5 nitrogen and oxygen atoms in total. The summed E-state index contributed by atoms with van der Waals surface area (Å²) in [7, 11) is -4.52. The number of aromatic nitrogens is 2. The van der Waals surface area contributed by atoms with E-state index < -0.39 is 15.3 Å². The fourth-order valence-corrected chi connectivity index (χ4v) is 1.74. The van der Waals surface area contributed by atoms with Crippen LogP contribution >= 0.6 is 12.6 Å². The normalized spacial score (nSPS) is 11.3. The minimum Gasteiger partial charge on any atom is -0.742 e. The Labute approximate surface area is 114 Å². The minimum atomic E-state index is -4.52. The van der Waals surface area contributed by atoms with Gasteiger partial charge in [0.25, 0.3) is 0 Å². The maximum absolute atomic E-state index is 10.6. The number of rotatable bonds is 1. The van der Waals surface area contributed by atoms with Gasteiger partial charge in [-0.1, -0.05) is 0 Å². The molecule has 1 N–H and O–H groups in total. The maximum Gasteiger partial charge on any atom is 1.00 e. The van der Waals surface area contributed by atoms with Crippen molar-refractivity contribution >= 4 is 33.8 Å². The smallest absolute Gasteiger partial charge is 0.742 e. The van der Waals surface area contributed by atoms with E-state index in [1.165, 1.54) is 0 Å². The Morgan fingerprint density at radius 1 is 1.40 bits per heavy atom. The van der Waals surface area contributed by atoms with E-state index in [0.29, 0.717) is 15.9 Å². The van der Waals surface area contributed by atoms with Crippen molar-refractivity contribution in [3.05, 3.63) is 18.2 Å². The molecule has 0 radical (unpaired) electrons. The van der Waals surface area contributed by atoms with Crippen LogP contribution in [0.4, 0.5) is 0 Å². The number of fused-ring (bicyclic) bond motifs is 1. The second-order valence-corrected chi connectivity index (χ2v) is 4.51. The van der Waals surface area contributed by atoms with Crippen molar-refractivity contribution in [1.82, 2.24) is 9.97 Å². The van der Waals surface area contributed by atoms with Gasteiger partial charge in [-0.05, 0) is 18.2 Å². The number of nitrogens with zero attached hydrogens (tertiary/aromatic N) is 1. The molecule has 2 aromatic rings. The molecule has 0 aliphatic rings. The van der Waals surface area contributed by atoms with Crippen LogP contribution in [0.5, 0.6) is 0 Å². The van der Waals surface area contributed by atoms with Gasteiger partial charge in [0.15, 0.2) is 10.1 Å². The average Bonchev–Trinajstić information content (AvgIpc) is 2.45. The predicted molar refractivity (Wildman–Crippen MR) is 51.3 cm³/mol. The molecule has 74 valence electrons. The fraction of sp³-hybridized carbons (Fsp3) is 0. The van der Waals surface area contributed by atoms with Crippen molar-refractivity contribution < 1.29 is 42.5 Å². The molecule has 0 aliphatic carbocycles. The molecule has 15 heavy (non-hydrogen) atoms. The van der Waals surface area contributed by atoms with Gasteiger partial charge in [0, 0.05) is 4.90 Å². The summed E-state index contributed by atoms with van der Waals surface area (Å²) in [5.41, 5.74) is 0.907. The molecule has 0 spiro atoms. The summed E-state index contributed by atoms with van der Waals surface area (Å²) in [6.45, 7) is 0. The number of hydrogen-bond donors (Lipinski definition) is 2. The van der Waals surface area contributed by atoms with Crippen LogP contribution in [0.25, 0.3) is 11.0 Å². The second kappa shape index (κ2) is 4.44. The Kier molecular flexibility index (Phi) is 3.85. The summed E-state index contributed by atoms with van der Waals surface area (Å²) < 4.78 is 31.9. The standard InChI is InChI=1S/C7H6N2O3S2.Na/c10-14(11,12)7-8-5-2-1-4(13)3-6(5)9-7;/h1-3,13H,(H,8,9)(H,10,11,12);/q;+1/p-1. The van der Waals surface area contributed by atoms with Gasteiger partial charge in [0.1, 0.15) is 0 Å². The van der Waals surface area contributed by atoms with E-state index in [1.54, 1.807) is 18.2 Å². The third-order valence-electron chi connectivity index (χ3n) is 1.68. The van der Waals surface area contributed by atoms with Gasteiger partial charge < -0.3 is 9.54 Å². The number of H-pyrrole nitrogens is 1. The molecule has 0 aliphatic heterocycles. The summed E-state index contributed by atoms with van der Waals surface area (Å²) in [6.07, 6.45) is 0. The van der Waals surface area contributed by atoms with E-state index in [0.717, 1.165) is 0 Å². The van der Waals surface area contributed by atoms with E-state index in [2.05, 4.69) is 22.6 Å². The van der Waals surface area contributed by atoms with E-state index in [1.807, 2.05) is 0 Å². The Bertz CT molecular complexity index is 593. The number of aromatic amines is 1. The van der Waals surface area contributed by atoms with Gasteiger partial charge in [0.2, 0.25) is 5.16 Å². The minimum absolute atomic E-state index is 0. The van der Waals surface area contributed by atoms with Crippen LogP contribution in [0.1, 0.15) is 0 Å². The summed E-state index contributed by atoms with van der Waals surface area (Å²) in [6, 6.07) is 4.84. The zero-order valence-corrected chi connectivity index (χ0v) is 11.5. The van der Waals surface area contributed by atoms with Crippen LogP contribution in [0.3, 0.4) is 0 Å². The Morgan fingerprint density at radius 2 is 2.07 bits per heavy atom. The molecule has 2 rings (SSSR count). The van der Waals surface area contributed by atoms with Gasteiger partial charge in [-0.2, -0.15) is 0 Å². The van der Waals surface area contributed by atoms with Gasteiger partial charge in [-0.15, -0.1) is 12.6 Å². The molecule has 1 aromatic heterocycles. The SMILES string of the molecule is O=S(=O)([O-])c1nc2ccc(S)cc2[nH]1.[Na+]. The largest absolute Gasteiger partial charge is 1.00 e. The van der Waals surface area contributed by atoms with Gasteiger partial charge in [0.05, 0.1) is 11.0 Å². The molecule has 0 bridgehead atoms. The van der Waals surface area contributed by atoms with Crippen LogP contribution in [0.2, 0.25) is 0 Å². The zero-order valence-electron chi connectivity index (χ0n) is 7.76. The molecule has 0 saturated carbocycles. The van der Waals surface area contributed by atoms with Crippen molar-refractivity contribution in [1.29, 1.82) is 0 Å². The van der Waals surface area contributed by atoms with Crippen LogP contribution in [0.15, 0.2) is 28.3 Å². The van der Waals surface area contributed by atoms with E-state index in [4.69, 9.17) is 0 Å². The van der Waals surface area contributed by atoms with Gasteiger partial charge in [-0.3, -0.25) is 0 Å². The first-order valence-corrected chi connectivity index (χ1v) is 5.47. The summed E-state index contributed by atoms with van der Waals surface area (Å²) in [4.78, 5) is 6.71. The van der Waals surface area contributed by atoms with E-state index >= 15 is 0 Å². The Balaban J connectivity index is 0.00000112. The van der Waals surface area contributed by atoms with Crippen LogP contribution in [-0.4, -0.2) is 22.9 Å². The monoisotopic (exact) mass is 252 g/mol. The third kappa shape index (κ3) is 2.74. The summed E-state index contributed by atoms with van der Waals surface area (Å²) >= 11 is 4.07. The first-order valence-electron chi connectivity index (χ1n) is 3.61. The first-order chi connectivity index (χ1) is 6.47. The van der Waals surface area contributed by atoms with Crippen molar-refractivity contribution in [3.63, 3.8) is 0 Å². The average molecular weight is 252 g/mol. The molecular formula is C7H5N2NaO3S2. The Hall–Kier alpha value is -0.0500. The molecule has 8 heteroatoms. The number of nitrogens with one attached hydrogen (secondary N) is 1. The van der Waals surface area contributed by atoms with Gasteiger partial charge in [-0.25, -0.2) is 13.4 Å². The topological polar surface area (TPSA) is 85.9 Å². The van der Waals surface area contributed by atoms with Crippen LogP contribution in [0, 0.1) is 0 Å². The zero-order chi connectivity index (χ0) is 10.3. The fourth-order valence-electron chi connectivity index (χ4n) is 1.09. The summed E-state index contributed by atoms with van der Waals surface area (Å²) in [5, 5.41) is -0.563. The molecule has 0 amide bonds. The molecule has 1 aromatic carbocycles. The van der Waals surface area contributed by atoms with E-state index in [9.17, 15) is 13.0 Å². The van der Waals surface area contributed by atoms with Crippen molar-refractivity contribution in [3.8, 4) is 0 Å². The maximum atomic E-state index is 10.6. The number of benzene rings is 1. The van der Waals surface area contributed by atoms with E-state index in [-0.39, 0.29) is 29.6 Å². The van der Waals surface area contributed by atoms with Crippen LogP contribution in [-0.2, 0) is 10.1 Å². The molecule has 0 fully saturated rings. The van der Waals surface area contributed by atoms with Crippen molar-refractivity contribution in [2.24, 2.45) is 0 Å². The summed E-state index contributed by atoms with van der Waals surface area (Å²) in [5.74, 6) is 0. The van der Waals surface area contributed by atoms with Gasteiger partial charge >= 0.3 is 29.6 Å². The second-order valence-electron chi connectivity index (χ2n) is 2.70. The van der Waals surface area contributed by atoms with Crippen LogP contribution < -0.4 is 29.6 Å². The number of thiol groups is 1. The quantitative estimate of drug-likeness (QED) is 0.341. The predicted octanol–water partition coefficient (Wildman–Crippen LogP) is -2.24. The molecule has 0 atom stereocenters. The molecule has 0 saturated heterocycles. The molecular weight excluding hydrogens is 247 g/mol. The van der Waals surface area contributed by atoms with Crippen molar-refractivity contribution in [2.75, 3.05) is 0 Å². The number of imidazole rings is 1. The third-order valence-corrected chi connectivity index (χ3v) is 2.63. The first kappa shape index (κ1) is 13.0. The molecule has 0 unspecified atom stereocenters. The van der Waals surface area contributed by atoms with Crippen molar-refractivity contribution in [2.45, 2.75) is 10.1 Å². The molecule has 1 heterocycles.